The fourth-order valence-electron chi connectivity index (χ4n) is 8.50. The number of urea groups is 7. The summed E-state index contributed by atoms with van der Waals surface area (Å²) in [4.78, 5) is 194. The Morgan fingerprint density at radius 3 is 0.351 bits per heavy atom. The third kappa shape index (κ3) is 53.6. The average Bonchev–Trinajstić information content (AvgIpc) is 0.851. The normalized spacial score (nSPS) is 8.99. The first-order valence-corrected chi connectivity index (χ1v) is 35.9. The molecule has 51 nitrogen and oxygen atoms in total. The zero-order valence-corrected chi connectivity index (χ0v) is 69.3. The van der Waals surface area contributed by atoms with Gasteiger partial charge in [0.15, 0.2) is 0 Å². The number of non-ortho nitro benzene ring substituents is 4. The van der Waals surface area contributed by atoms with Gasteiger partial charge >= 0.3 is 90.0 Å². The standard InChI is InChI=1S/4C8H5NO6.7C7H8N2O.2CH4O/c4*10-7(11)4-1-5(8(12)13)3-6(2-4)9(14)15;7*8-7(10)9-6-4-2-1-3-5-6;2*1-2/h4*1-3H,(H,10,11)(H,12,13);7*1-5H,(H3,8,9,10);2*2H,1H3. The molecule has 0 aliphatic carbocycles. The molecule has 0 saturated heterocycles. The first kappa shape index (κ1) is 116. The summed E-state index contributed by atoms with van der Waals surface area (Å²) in [6, 6.07) is 69.5. The van der Waals surface area contributed by atoms with Crippen LogP contribution in [0.15, 0.2) is 285 Å². The summed E-state index contributed by atoms with van der Waals surface area (Å²) in [5.41, 5.74) is 33.5. The number of carbonyl (C=O) groups excluding carboxylic acids is 7. The van der Waals surface area contributed by atoms with E-state index in [9.17, 15) is 112 Å². The van der Waals surface area contributed by atoms with Crippen LogP contribution in [0.4, 0.5) is 96.1 Å². The first-order chi connectivity index (χ1) is 63.2. The Labute approximate surface area is 753 Å². The van der Waals surface area contributed by atoms with Gasteiger partial charge in [0.05, 0.1) is 64.2 Å². The lowest BCUT2D eigenvalue weighted by Crippen LogP contribution is -2.18. The van der Waals surface area contributed by atoms with Crippen LogP contribution in [-0.4, -0.2) is 175 Å². The number of nitrogens with two attached hydrogens (primary N) is 7. The van der Waals surface area contributed by atoms with E-state index >= 15 is 0 Å². The van der Waals surface area contributed by atoms with Gasteiger partial charge in [-0.15, -0.1) is 0 Å². The van der Waals surface area contributed by atoms with Crippen LogP contribution in [-0.2, 0) is 0 Å². The summed E-state index contributed by atoms with van der Waals surface area (Å²) in [5.74, 6) is -11.3. The Morgan fingerprint density at radius 2 is 0.284 bits per heavy atom. The van der Waals surface area contributed by atoms with E-state index in [0.717, 1.165) is 127 Å². The molecule has 0 fully saturated rings. The number of primary amides is 7. The van der Waals surface area contributed by atoms with E-state index in [-0.39, 0.29) is 0 Å². The topological polar surface area (TPSA) is 897 Å². The van der Waals surface area contributed by atoms with Gasteiger partial charge < -0.3 is 128 Å². The number of benzene rings is 11. The molecule has 51 heteroatoms. The number of carboxylic acid groups (broad SMARTS) is 8. The molecule has 0 bridgehead atoms. The Morgan fingerprint density at radius 1 is 0.194 bits per heavy atom. The minimum atomic E-state index is -1.42. The van der Waals surface area contributed by atoms with Crippen molar-refractivity contribution in [3.8, 4) is 0 Å². The summed E-state index contributed by atoms with van der Waals surface area (Å²) in [5, 5.41) is 141. The van der Waals surface area contributed by atoms with Crippen molar-refractivity contribution in [2.45, 2.75) is 0 Å². The van der Waals surface area contributed by atoms with Crippen molar-refractivity contribution < 1.29 is 143 Å². The number of nitro benzene ring substituents is 4. The number of nitrogens with one attached hydrogen (secondary N) is 7. The molecule has 31 N–H and O–H groups in total. The van der Waals surface area contributed by atoms with Crippen LogP contribution in [0, 0.1) is 40.5 Å². The van der Waals surface area contributed by atoms with E-state index in [1.54, 1.807) is 84.9 Å². The molecule has 11 aromatic carbocycles. The number of aliphatic hydroxyl groups excluding tert-OH is 2. The highest BCUT2D eigenvalue weighted by Crippen LogP contribution is 2.22. The van der Waals surface area contributed by atoms with Gasteiger partial charge in [-0.05, 0) is 109 Å². The highest BCUT2D eigenvalue weighted by molar-refractivity contribution is 5.99. The SMILES string of the molecule is CO.CO.NC(=O)Nc1ccccc1.NC(=O)Nc1ccccc1.NC(=O)Nc1ccccc1.NC(=O)Nc1ccccc1.NC(=O)Nc1ccccc1.NC(=O)Nc1ccccc1.NC(=O)Nc1ccccc1.O=C(O)c1cc(C(=O)O)cc([N+](=O)[O-])c1.O=C(O)c1cc(C(=O)O)cc([N+](=O)[O-])c1.O=C(O)c1cc(C(=O)O)cc([N+](=O)[O-])c1.O=C(O)c1cc(C(=O)O)cc([N+](=O)[O-])c1. The Bertz CT molecular complexity index is 4600. The second-order valence-electron chi connectivity index (χ2n) is 23.5. The molecule has 0 aliphatic heterocycles. The number of rotatable bonds is 19. The number of hydrogen-bond acceptors (Lipinski definition) is 25. The average molecular weight is 1860 g/mol. The molecule has 0 saturated carbocycles. The third-order valence-corrected chi connectivity index (χ3v) is 13.8. The van der Waals surface area contributed by atoms with Crippen molar-refractivity contribution in [3.05, 3.63) is 370 Å². The smallest absolute Gasteiger partial charge is 0.335 e. The van der Waals surface area contributed by atoms with E-state index in [4.69, 9.17) is 91.2 Å². The van der Waals surface area contributed by atoms with Crippen molar-refractivity contribution in [2.75, 3.05) is 51.4 Å². The maximum atomic E-state index is 10.5. The number of anilines is 7. The molecule has 0 heterocycles. The summed E-state index contributed by atoms with van der Waals surface area (Å²) in [6.07, 6.45) is 0. The van der Waals surface area contributed by atoms with Crippen LogP contribution in [0.2, 0.25) is 0 Å². The summed E-state index contributed by atoms with van der Waals surface area (Å²) in [6.45, 7) is 0. The van der Waals surface area contributed by atoms with Crippen LogP contribution in [0.5, 0.6) is 0 Å². The van der Waals surface area contributed by atoms with Crippen molar-refractivity contribution in [1.29, 1.82) is 0 Å². The van der Waals surface area contributed by atoms with Gasteiger partial charge in [0, 0.05) is 103 Å². The summed E-state index contributed by atoms with van der Waals surface area (Å²) in [7, 11) is 2.00. The van der Waals surface area contributed by atoms with Crippen molar-refractivity contribution >= 4 is 153 Å². The van der Waals surface area contributed by atoms with Gasteiger partial charge in [-0.1, -0.05) is 127 Å². The molecule has 0 unspecified atom stereocenters. The molecular weight excluding hydrogens is 1780 g/mol. The quantitative estimate of drug-likeness (QED) is 0.0264. The number of nitrogens with zero attached hydrogens (tertiary/aromatic N) is 4. The second-order valence-corrected chi connectivity index (χ2v) is 23.5. The van der Waals surface area contributed by atoms with E-state index in [1.807, 2.05) is 127 Å². The lowest BCUT2D eigenvalue weighted by atomic mass is 10.1. The molecule has 14 amide bonds. The van der Waals surface area contributed by atoms with Crippen LogP contribution in [0.1, 0.15) is 82.9 Å². The lowest BCUT2D eigenvalue weighted by Gasteiger charge is -1.98. The Kier molecular flexibility index (Phi) is 55.5. The molecule has 0 radical (unpaired) electrons. The molecule has 0 atom stereocenters. The van der Waals surface area contributed by atoms with Gasteiger partial charge in [-0.25, -0.2) is 71.9 Å². The molecule has 0 aromatic heterocycles. The van der Waals surface area contributed by atoms with E-state index in [0.29, 0.717) is 0 Å². The predicted octanol–water partition coefficient (Wildman–Crippen LogP) is 11.4. The molecule has 0 aliphatic rings. The molecule has 11 aromatic rings. The number of aliphatic hydroxyl groups is 2. The highest BCUT2D eigenvalue weighted by Gasteiger charge is 2.21. The van der Waals surface area contributed by atoms with Gasteiger partial charge in [-0.3, -0.25) is 40.5 Å². The summed E-state index contributed by atoms with van der Waals surface area (Å²) >= 11 is 0. The van der Waals surface area contributed by atoms with E-state index in [1.165, 1.54) is 0 Å². The number of aromatic carboxylic acids is 8. The number of hydrogen-bond donors (Lipinski definition) is 24. The van der Waals surface area contributed by atoms with Gasteiger partial charge in [0.2, 0.25) is 0 Å². The third-order valence-electron chi connectivity index (χ3n) is 13.8. The monoisotopic (exact) mass is 1860 g/mol. The van der Waals surface area contributed by atoms with E-state index in [2.05, 4.69) is 37.2 Å². The van der Waals surface area contributed by atoms with Crippen LogP contribution in [0.3, 0.4) is 0 Å². The highest BCUT2D eigenvalue weighted by atomic mass is 16.6. The van der Waals surface area contributed by atoms with Gasteiger partial charge in [0.25, 0.3) is 22.7 Å². The van der Waals surface area contributed by atoms with Gasteiger partial charge in [-0.2, -0.15) is 0 Å². The molecule has 11 rings (SSSR count). The Hall–Kier alpha value is -20.4. The van der Waals surface area contributed by atoms with Crippen LogP contribution < -0.4 is 77.4 Å². The van der Waals surface area contributed by atoms with Crippen molar-refractivity contribution in [3.63, 3.8) is 0 Å². The molecule has 0 spiro atoms. The van der Waals surface area contributed by atoms with Gasteiger partial charge in [0.1, 0.15) is 0 Å². The zero-order chi connectivity index (χ0) is 102. The number of amides is 14. The van der Waals surface area contributed by atoms with E-state index < -0.39 is 177 Å². The number of nitro groups is 4. The Balaban J connectivity index is 0. The maximum Gasteiger partial charge on any atom is 0.335 e. The fourth-order valence-corrected chi connectivity index (χ4v) is 8.50. The first-order valence-electron chi connectivity index (χ1n) is 35.9. The fraction of sp³-hybridized carbons (Fsp3) is 0.0241. The second kappa shape index (κ2) is 64.4. The zero-order valence-electron chi connectivity index (χ0n) is 69.3. The van der Waals surface area contributed by atoms with Crippen molar-refractivity contribution in [2.24, 2.45) is 40.1 Å². The van der Waals surface area contributed by atoms with Crippen molar-refractivity contribution in [1.82, 2.24) is 0 Å². The minimum absolute atomic E-state index is 0.429. The van der Waals surface area contributed by atoms with Crippen LogP contribution >= 0.6 is 0 Å². The summed E-state index contributed by atoms with van der Waals surface area (Å²) < 4.78 is 0. The number of carbonyl (C=O) groups is 15. The molecule has 704 valence electrons. The minimum Gasteiger partial charge on any atom is -0.478 e. The largest absolute Gasteiger partial charge is 0.478 e. The molecule has 134 heavy (non-hydrogen) atoms. The lowest BCUT2D eigenvalue weighted by molar-refractivity contribution is -0.385. The number of carboxylic acids is 8. The van der Waals surface area contributed by atoms with Crippen LogP contribution in [0.25, 0.3) is 0 Å². The maximum absolute atomic E-state index is 10.5. The molecular formula is C83H84N18O33. The number of para-hydroxylation sites is 7. The predicted molar refractivity (Wildman–Crippen MR) is 482 cm³/mol.